The highest BCUT2D eigenvalue weighted by Crippen LogP contribution is 2.13. The maximum Gasteiger partial charge on any atom is 0.407 e. The Morgan fingerprint density at radius 2 is 2.28 bits per heavy atom. The van der Waals surface area contributed by atoms with Gasteiger partial charge in [0.25, 0.3) is 0 Å². The minimum Gasteiger partial charge on any atom is -0.450 e. The Labute approximate surface area is 108 Å². The number of hydrogen-bond acceptors (Lipinski definition) is 4. The molecule has 0 aliphatic carbocycles. The van der Waals surface area contributed by atoms with Crippen LogP contribution in [0.5, 0.6) is 0 Å². The summed E-state index contributed by atoms with van der Waals surface area (Å²) in [7, 11) is 0. The molecule has 1 saturated heterocycles. The number of hydrogen-bond donors (Lipinski definition) is 1. The Kier molecular flexibility index (Phi) is 6.49. The largest absolute Gasteiger partial charge is 0.450 e. The molecule has 2 amide bonds. The molecule has 0 aromatic carbocycles. The van der Waals surface area contributed by atoms with E-state index in [0.717, 1.165) is 19.4 Å². The Bertz CT molecular complexity index is 277. The number of rotatable bonds is 6. The average Bonchev–Trinajstić information content (AvgIpc) is 2.80. The first-order valence-corrected chi connectivity index (χ1v) is 6.41. The lowest BCUT2D eigenvalue weighted by molar-refractivity contribution is -0.130. The van der Waals surface area contributed by atoms with Crippen LogP contribution in [0, 0.1) is 0 Å². The van der Waals surface area contributed by atoms with E-state index >= 15 is 0 Å². The summed E-state index contributed by atoms with van der Waals surface area (Å²) >= 11 is 0. The maximum absolute atomic E-state index is 11.5. The van der Waals surface area contributed by atoms with E-state index in [-0.39, 0.29) is 12.0 Å². The van der Waals surface area contributed by atoms with Crippen molar-refractivity contribution < 1.29 is 19.1 Å². The number of amides is 2. The monoisotopic (exact) mass is 258 g/mol. The molecule has 0 aromatic heterocycles. The second kappa shape index (κ2) is 7.92. The third kappa shape index (κ3) is 5.35. The first-order chi connectivity index (χ1) is 8.63. The normalized spacial score (nSPS) is 18.4. The Morgan fingerprint density at radius 1 is 1.50 bits per heavy atom. The lowest BCUT2D eigenvalue weighted by Gasteiger charge is -2.24. The minimum atomic E-state index is -0.446. The van der Waals surface area contributed by atoms with Crippen molar-refractivity contribution in [2.75, 3.05) is 32.8 Å². The van der Waals surface area contributed by atoms with E-state index in [1.54, 1.807) is 11.8 Å². The van der Waals surface area contributed by atoms with Crippen molar-refractivity contribution in [3.63, 3.8) is 0 Å². The van der Waals surface area contributed by atoms with Crippen LogP contribution < -0.4 is 5.32 Å². The predicted octanol–water partition coefficient (Wildman–Crippen LogP) is 0.760. The molecule has 18 heavy (non-hydrogen) atoms. The van der Waals surface area contributed by atoms with E-state index in [4.69, 9.17) is 9.47 Å². The van der Waals surface area contributed by atoms with Crippen molar-refractivity contribution in [2.45, 2.75) is 32.8 Å². The van der Waals surface area contributed by atoms with Crippen LogP contribution >= 0.6 is 0 Å². The fraction of sp³-hybridized carbons (Fsp3) is 0.833. The minimum absolute atomic E-state index is 0.00356. The molecule has 1 rings (SSSR count). The van der Waals surface area contributed by atoms with Gasteiger partial charge in [0.1, 0.15) is 0 Å². The molecular formula is C12H22N2O4. The molecule has 1 N–H and O–H groups in total. The standard InChI is InChI=1S/C12H22N2O4/c1-3-17-12(16)13-6-7-14(10(2)15)9-11-5-4-8-18-11/h11H,3-9H2,1-2H3,(H,13,16). The van der Waals surface area contributed by atoms with E-state index in [1.807, 2.05) is 0 Å². The Hall–Kier alpha value is -1.30. The number of nitrogens with one attached hydrogen (secondary N) is 1. The molecule has 0 saturated carbocycles. The highest BCUT2D eigenvalue weighted by molar-refractivity contribution is 5.73. The van der Waals surface area contributed by atoms with Gasteiger partial charge in [-0.2, -0.15) is 0 Å². The van der Waals surface area contributed by atoms with Gasteiger partial charge < -0.3 is 19.7 Å². The summed E-state index contributed by atoms with van der Waals surface area (Å²) in [6, 6.07) is 0. The molecule has 0 radical (unpaired) electrons. The highest BCUT2D eigenvalue weighted by Gasteiger charge is 2.20. The van der Waals surface area contributed by atoms with Gasteiger partial charge in [0.2, 0.25) is 5.91 Å². The Balaban J connectivity index is 2.25. The van der Waals surface area contributed by atoms with Crippen LogP contribution in [0.3, 0.4) is 0 Å². The van der Waals surface area contributed by atoms with Crippen molar-refractivity contribution >= 4 is 12.0 Å². The van der Waals surface area contributed by atoms with Crippen molar-refractivity contribution in [1.82, 2.24) is 10.2 Å². The number of carbonyl (C=O) groups excluding carboxylic acids is 2. The number of carbonyl (C=O) groups is 2. The molecule has 0 aromatic rings. The summed E-state index contributed by atoms with van der Waals surface area (Å²) in [4.78, 5) is 24.2. The SMILES string of the molecule is CCOC(=O)NCCN(CC1CCCO1)C(C)=O. The predicted molar refractivity (Wildman–Crippen MR) is 66.3 cm³/mol. The van der Waals surface area contributed by atoms with Gasteiger partial charge >= 0.3 is 6.09 Å². The second-order valence-corrected chi connectivity index (χ2v) is 4.25. The molecule has 1 atom stereocenters. The first kappa shape index (κ1) is 14.8. The van der Waals surface area contributed by atoms with Crippen LogP contribution in [-0.4, -0.2) is 55.9 Å². The summed E-state index contributed by atoms with van der Waals surface area (Å²) in [6.07, 6.45) is 1.74. The third-order valence-corrected chi connectivity index (χ3v) is 2.82. The van der Waals surface area contributed by atoms with Crippen molar-refractivity contribution in [3.05, 3.63) is 0 Å². The number of alkyl carbamates (subject to hydrolysis) is 1. The molecule has 0 spiro atoms. The zero-order valence-corrected chi connectivity index (χ0v) is 11.1. The maximum atomic E-state index is 11.5. The zero-order chi connectivity index (χ0) is 13.4. The van der Waals surface area contributed by atoms with E-state index in [2.05, 4.69) is 5.32 Å². The molecule has 1 heterocycles. The lowest BCUT2D eigenvalue weighted by Crippen LogP contribution is -2.41. The van der Waals surface area contributed by atoms with E-state index in [9.17, 15) is 9.59 Å². The van der Waals surface area contributed by atoms with E-state index < -0.39 is 6.09 Å². The quantitative estimate of drug-likeness (QED) is 0.763. The number of nitrogens with zero attached hydrogens (tertiary/aromatic N) is 1. The lowest BCUT2D eigenvalue weighted by atomic mass is 10.2. The zero-order valence-electron chi connectivity index (χ0n) is 11.1. The van der Waals surface area contributed by atoms with E-state index in [1.165, 1.54) is 6.92 Å². The second-order valence-electron chi connectivity index (χ2n) is 4.25. The Morgan fingerprint density at radius 3 is 2.83 bits per heavy atom. The van der Waals surface area contributed by atoms with E-state index in [0.29, 0.717) is 26.2 Å². The summed E-state index contributed by atoms with van der Waals surface area (Å²) in [5.41, 5.74) is 0. The van der Waals surface area contributed by atoms with Gasteiger partial charge in [0.05, 0.1) is 12.7 Å². The van der Waals surface area contributed by atoms with Crippen LogP contribution in [0.1, 0.15) is 26.7 Å². The highest BCUT2D eigenvalue weighted by atomic mass is 16.5. The first-order valence-electron chi connectivity index (χ1n) is 6.41. The van der Waals surface area contributed by atoms with Crippen LogP contribution in [-0.2, 0) is 14.3 Å². The van der Waals surface area contributed by atoms with Crippen LogP contribution in [0.25, 0.3) is 0 Å². The molecule has 6 nitrogen and oxygen atoms in total. The van der Waals surface area contributed by atoms with Gasteiger partial charge in [-0.05, 0) is 19.8 Å². The summed E-state index contributed by atoms with van der Waals surface area (Å²) in [5.74, 6) is -0.00356. The number of ether oxygens (including phenoxy) is 2. The fourth-order valence-electron chi connectivity index (χ4n) is 1.89. The van der Waals surface area contributed by atoms with Gasteiger partial charge in [0, 0.05) is 33.2 Å². The van der Waals surface area contributed by atoms with Crippen LogP contribution in [0.2, 0.25) is 0 Å². The van der Waals surface area contributed by atoms with Crippen LogP contribution in [0.4, 0.5) is 4.79 Å². The van der Waals surface area contributed by atoms with Crippen molar-refractivity contribution in [3.8, 4) is 0 Å². The summed E-state index contributed by atoms with van der Waals surface area (Å²) in [6.45, 7) is 5.87. The summed E-state index contributed by atoms with van der Waals surface area (Å²) < 4.78 is 10.2. The third-order valence-electron chi connectivity index (χ3n) is 2.82. The topological polar surface area (TPSA) is 67.9 Å². The van der Waals surface area contributed by atoms with Crippen LogP contribution in [0.15, 0.2) is 0 Å². The molecule has 1 aliphatic heterocycles. The van der Waals surface area contributed by atoms with Gasteiger partial charge in [-0.1, -0.05) is 0 Å². The van der Waals surface area contributed by atoms with Gasteiger partial charge in [0.15, 0.2) is 0 Å². The molecule has 1 unspecified atom stereocenters. The molecule has 1 aliphatic rings. The van der Waals surface area contributed by atoms with Crippen molar-refractivity contribution in [1.29, 1.82) is 0 Å². The van der Waals surface area contributed by atoms with Gasteiger partial charge in [-0.3, -0.25) is 4.79 Å². The van der Waals surface area contributed by atoms with Gasteiger partial charge in [-0.25, -0.2) is 4.79 Å². The smallest absolute Gasteiger partial charge is 0.407 e. The fourth-order valence-corrected chi connectivity index (χ4v) is 1.89. The van der Waals surface area contributed by atoms with Crippen molar-refractivity contribution in [2.24, 2.45) is 0 Å². The average molecular weight is 258 g/mol. The molecule has 6 heteroatoms. The molecule has 1 fully saturated rings. The summed E-state index contributed by atoms with van der Waals surface area (Å²) in [5, 5.41) is 2.60. The molecule has 0 bridgehead atoms. The van der Waals surface area contributed by atoms with Gasteiger partial charge in [-0.15, -0.1) is 0 Å². The molecule has 104 valence electrons. The molecular weight excluding hydrogens is 236 g/mol.